The first kappa shape index (κ1) is 15.3. The van der Waals surface area contributed by atoms with Gasteiger partial charge in [0, 0.05) is 31.4 Å². The molecule has 21 heavy (non-hydrogen) atoms. The summed E-state index contributed by atoms with van der Waals surface area (Å²) in [5.74, 6) is 1.03. The highest BCUT2D eigenvalue weighted by Crippen LogP contribution is 2.38. The molecular formula is C15H21ClN2O2S. The minimum atomic E-state index is -0.416. The molecule has 0 spiro atoms. The molecule has 4 atom stereocenters. The van der Waals surface area contributed by atoms with Crippen molar-refractivity contribution in [3.63, 3.8) is 0 Å². The summed E-state index contributed by atoms with van der Waals surface area (Å²) in [4.78, 5) is 14.9. The standard InChI is InChI=1S/C15H21ClN2O2S/c1-9(19)17-13-4-10-6-18(7-11(10)5-14(13)20)8-15-12(16)2-3-21-15/h2-3,10-11,13-14,20H,4-8H2,1H3,(H,17,19)/t10-,11+,13-,14-/m1/s1. The molecule has 1 aromatic rings. The molecule has 2 heterocycles. The lowest BCUT2D eigenvalue weighted by Gasteiger charge is -2.35. The van der Waals surface area contributed by atoms with Gasteiger partial charge in [0.05, 0.1) is 17.2 Å². The number of aliphatic hydroxyl groups excluding tert-OH is 1. The van der Waals surface area contributed by atoms with Gasteiger partial charge >= 0.3 is 0 Å². The van der Waals surface area contributed by atoms with Crippen LogP contribution in [-0.4, -0.2) is 41.1 Å². The van der Waals surface area contributed by atoms with Gasteiger partial charge in [0.15, 0.2) is 0 Å². The molecule has 1 aromatic heterocycles. The third-order valence-corrected chi connectivity index (χ3v) is 6.04. The van der Waals surface area contributed by atoms with E-state index in [1.165, 1.54) is 11.8 Å². The number of halogens is 1. The van der Waals surface area contributed by atoms with Crippen molar-refractivity contribution in [2.24, 2.45) is 11.8 Å². The van der Waals surface area contributed by atoms with Crippen molar-refractivity contribution < 1.29 is 9.90 Å². The molecule has 1 saturated carbocycles. The Hall–Kier alpha value is -0.620. The quantitative estimate of drug-likeness (QED) is 0.893. The molecular weight excluding hydrogens is 308 g/mol. The number of hydrogen-bond donors (Lipinski definition) is 2. The van der Waals surface area contributed by atoms with E-state index in [4.69, 9.17) is 11.6 Å². The average Bonchev–Trinajstić information content (AvgIpc) is 2.96. The molecule has 0 unspecified atom stereocenters. The molecule has 0 bridgehead atoms. The number of aliphatic hydroxyl groups is 1. The fourth-order valence-electron chi connectivity index (χ4n) is 3.71. The summed E-state index contributed by atoms with van der Waals surface area (Å²) in [6, 6.07) is 1.86. The third kappa shape index (κ3) is 3.42. The zero-order chi connectivity index (χ0) is 15.0. The largest absolute Gasteiger partial charge is 0.391 e. The Morgan fingerprint density at radius 2 is 2.19 bits per heavy atom. The van der Waals surface area contributed by atoms with Crippen molar-refractivity contribution >= 4 is 28.8 Å². The SMILES string of the molecule is CC(=O)N[C@@H]1C[C@@H]2CN(Cc3sccc3Cl)C[C@@H]2C[C@H]1O. The Balaban J connectivity index is 1.60. The number of nitrogens with one attached hydrogen (secondary N) is 1. The molecule has 4 nitrogen and oxygen atoms in total. The molecule has 1 aliphatic carbocycles. The normalized spacial score (nSPS) is 32.9. The summed E-state index contributed by atoms with van der Waals surface area (Å²) in [5, 5.41) is 16.0. The van der Waals surface area contributed by atoms with E-state index < -0.39 is 6.10 Å². The number of hydrogen-bond acceptors (Lipinski definition) is 4. The van der Waals surface area contributed by atoms with Crippen LogP contribution in [0.25, 0.3) is 0 Å². The van der Waals surface area contributed by atoms with E-state index >= 15 is 0 Å². The Kier molecular flexibility index (Phi) is 4.54. The van der Waals surface area contributed by atoms with E-state index in [2.05, 4.69) is 10.2 Å². The Labute approximate surface area is 134 Å². The van der Waals surface area contributed by atoms with Crippen LogP contribution in [0.4, 0.5) is 0 Å². The molecule has 2 N–H and O–H groups in total. The predicted molar refractivity (Wildman–Crippen MR) is 84.4 cm³/mol. The van der Waals surface area contributed by atoms with Gasteiger partial charge in [-0.05, 0) is 36.1 Å². The second-order valence-electron chi connectivity index (χ2n) is 6.25. The molecule has 0 radical (unpaired) electrons. The smallest absolute Gasteiger partial charge is 0.217 e. The van der Waals surface area contributed by atoms with Gasteiger partial charge in [-0.25, -0.2) is 0 Å². The molecule has 1 amide bonds. The zero-order valence-corrected chi connectivity index (χ0v) is 13.7. The van der Waals surface area contributed by atoms with E-state index in [0.717, 1.165) is 37.5 Å². The molecule has 3 rings (SSSR count). The highest BCUT2D eigenvalue weighted by atomic mass is 35.5. The van der Waals surface area contributed by atoms with Crippen molar-refractivity contribution in [2.45, 2.75) is 38.5 Å². The molecule has 116 valence electrons. The highest BCUT2D eigenvalue weighted by Gasteiger charge is 2.41. The predicted octanol–water partition coefficient (Wildman–Crippen LogP) is 2.11. The maximum absolute atomic E-state index is 11.2. The number of thiophene rings is 1. The van der Waals surface area contributed by atoms with Crippen LogP contribution in [0.1, 0.15) is 24.6 Å². The van der Waals surface area contributed by atoms with E-state index in [0.29, 0.717) is 11.8 Å². The maximum Gasteiger partial charge on any atom is 0.217 e. The van der Waals surface area contributed by atoms with Gasteiger partial charge in [0.25, 0.3) is 0 Å². The number of likely N-dealkylation sites (tertiary alicyclic amines) is 1. The molecule has 0 aromatic carbocycles. The summed E-state index contributed by atoms with van der Waals surface area (Å²) in [7, 11) is 0. The third-order valence-electron chi connectivity index (χ3n) is 4.66. The fourth-order valence-corrected chi connectivity index (χ4v) is 4.85. The number of carbonyl (C=O) groups excluding carboxylic acids is 1. The van der Waals surface area contributed by atoms with Crippen molar-refractivity contribution in [3.05, 3.63) is 21.3 Å². The Morgan fingerprint density at radius 1 is 1.48 bits per heavy atom. The zero-order valence-electron chi connectivity index (χ0n) is 12.1. The number of fused-ring (bicyclic) bond motifs is 1. The van der Waals surface area contributed by atoms with Gasteiger partial charge in [-0.2, -0.15) is 0 Å². The lowest BCUT2D eigenvalue weighted by atomic mass is 9.77. The Bertz CT molecular complexity index is 522. The monoisotopic (exact) mass is 328 g/mol. The van der Waals surface area contributed by atoms with Gasteiger partial charge < -0.3 is 10.4 Å². The van der Waals surface area contributed by atoms with Crippen LogP contribution in [0.5, 0.6) is 0 Å². The average molecular weight is 329 g/mol. The number of carbonyl (C=O) groups is 1. The van der Waals surface area contributed by atoms with Crippen LogP contribution in [0, 0.1) is 11.8 Å². The van der Waals surface area contributed by atoms with Crippen LogP contribution >= 0.6 is 22.9 Å². The molecule has 2 fully saturated rings. The first-order valence-electron chi connectivity index (χ1n) is 7.42. The van der Waals surface area contributed by atoms with Crippen molar-refractivity contribution in [3.8, 4) is 0 Å². The fraction of sp³-hybridized carbons (Fsp3) is 0.667. The first-order valence-corrected chi connectivity index (χ1v) is 8.68. The van der Waals surface area contributed by atoms with Crippen LogP contribution in [0.3, 0.4) is 0 Å². The summed E-state index contributed by atoms with van der Waals surface area (Å²) >= 11 is 7.87. The lowest BCUT2D eigenvalue weighted by molar-refractivity contribution is -0.121. The van der Waals surface area contributed by atoms with Gasteiger partial charge in [-0.3, -0.25) is 9.69 Å². The minimum Gasteiger partial charge on any atom is -0.391 e. The maximum atomic E-state index is 11.2. The van der Waals surface area contributed by atoms with Crippen LogP contribution in [-0.2, 0) is 11.3 Å². The summed E-state index contributed by atoms with van der Waals surface area (Å²) in [6.07, 6.45) is 1.24. The topological polar surface area (TPSA) is 52.6 Å². The van der Waals surface area contributed by atoms with E-state index in [-0.39, 0.29) is 11.9 Å². The second-order valence-corrected chi connectivity index (χ2v) is 7.66. The molecule has 6 heteroatoms. The first-order chi connectivity index (χ1) is 10.0. The van der Waals surface area contributed by atoms with Gasteiger partial charge in [-0.15, -0.1) is 11.3 Å². The van der Waals surface area contributed by atoms with E-state index in [1.807, 2.05) is 11.4 Å². The highest BCUT2D eigenvalue weighted by molar-refractivity contribution is 7.10. The van der Waals surface area contributed by atoms with Gasteiger partial charge in [-0.1, -0.05) is 11.6 Å². The van der Waals surface area contributed by atoms with Crippen LogP contribution in [0.15, 0.2) is 11.4 Å². The Morgan fingerprint density at radius 3 is 2.81 bits per heavy atom. The van der Waals surface area contributed by atoms with E-state index in [9.17, 15) is 9.90 Å². The van der Waals surface area contributed by atoms with Crippen molar-refractivity contribution in [1.82, 2.24) is 10.2 Å². The summed E-state index contributed by atoms with van der Waals surface area (Å²) < 4.78 is 0. The summed E-state index contributed by atoms with van der Waals surface area (Å²) in [5.41, 5.74) is 0. The second kappa shape index (κ2) is 6.24. The van der Waals surface area contributed by atoms with Crippen molar-refractivity contribution in [1.29, 1.82) is 0 Å². The number of nitrogens with zero attached hydrogens (tertiary/aromatic N) is 1. The van der Waals surface area contributed by atoms with Crippen molar-refractivity contribution in [2.75, 3.05) is 13.1 Å². The summed E-state index contributed by atoms with van der Waals surface area (Å²) in [6.45, 7) is 4.45. The molecule has 2 aliphatic rings. The van der Waals surface area contributed by atoms with Crippen LogP contribution < -0.4 is 5.32 Å². The lowest BCUT2D eigenvalue weighted by Crippen LogP contribution is -2.48. The van der Waals surface area contributed by atoms with Gasteiger partial charge in [0.1, 0.15) is 0 Å². The van der Waals surface area contributed by atoms with Gasteiger partial charge in [0.2, 0.25) is 5.91 Å². The minimum absolute atomic E-state index is 0.0577. The number of amides is 1. The number of rotatable bonds is 3. The molecule has 1 saturated heterocycles. The van der Waals surface area contributed by atoms with Crippen LogP contribution in [0.2, 0.25) is 5.02 Å². The molecule has 1 aliphatic heterocycles. The van der Waals surface area contributed by atoms with E-state index in [1.54, 1.807) is 11.3 Å².